The molecule has 4 aromatic rings. The monoisotopic (exact) mass is 507 g/mol. The molecule has 2 aromatic heterocycles. The summed E-state index contributed by atoms with van der Waals surface area (Å²) in [5, 5.41) is 11.1. The number of amides is 1. The first-order chi connectivity index (χ1) is 17.2. The van der Waals surface area contributed by atoms with E-state index in [0.29, 0.717) is 16.5 Å². The molecule has 0 saturated heterocycles. The van der Waals surface area contributed by atoms with Gasteiger partial charge in [-0.1, -0.05) is 23.7 Å². The molecule has 4 rings (SSSR count). The average Bonchev–Trinajstić information content (AvgIpc) is 2.84. The van der Waals surface area contributed by atoms with Crippen LogP contribution in [0.5, 0.6) is 11.6 Å². The van der Waals surface area contributed by atoms with Gasteiger partial charge in [-0.15, -0.1) is 10.2 Å². The molecule has 12 heteroatoms. The SMILES string of the molecule is CC(C)n1c(=O)nc(Nc2ccc(Oc3ccc(C(N)=O)nn3)cc2)n(Cc2ccc(Cl)cc2)c1=O. The fourth-order valence-corrected chi connectivity index (χ4v) is 3.45. The second kappa shape index (κ2) is 10.4. The molecule has 2 aromatic carbocycles. The second-order valence-electron chi connectivity index (χ2n) is 8.05. The molecule has 1 amide bonds. The van der Waals surface area contributed by atoms with Crippen molar-refractivity contribution in [2.45, 2.75) is 26.4 Å². The van der Waals surface area contributed by atoms with E-state index < -0.39 is 17.3 Å². The van der Waals surface area contributed by atoms with Crippen LogP contribution >= 0.6 is 11.6 Å². The lowest BCUT2D eigenvalue weighted by Gasteiger charge is -2.17. The molecule has 0 unspecified atom stereocenters. The molecule has 36 heavy (non-hydrogen) atoms. The molecule has 0 aliphatic heterocycles. The number of carbonyl (C=O) groups excluding carboxylic acids is 1. The first-order valence-electron chi connectivity index (χ1n) is 10.9. The van der Waals surface area contributed by atoms with Crippen LogP contribution in [0, 0.1) is 0 Å². The minimum absolute atomic E-state index is 0.0263. The van der Waals surface area contributed by atoms with Gasteiger partial charge in [0, 0.05) is 22.8 Å². The quantitative estimate of drug-likeness (QED) is 0.369. The largest absolute Gasteiger partial charge is 0.438 e. The molecule has 0 saturated carbocycles. The van der Waals surface area contributed by atoms with Crippen molar-refractivity contribution in [3.63, 3.8) is 0 Å². The number of ether oxygens (including phenoxy) is 1. The Morgan fingerprint density at radius 2 is 1.72 bits per heavy atom. The summed E-state index contributed by atoms with van der Waals surface area (Å²) in [7, 11) is 0. The van der Waals surface area contributed by atoms with E-state index in [4.69, 9.17) is 22.1 Å². The van der Waals surface area contributed by atoms with Crippen LogP contribution in [-0.2, 0) is 6.54 Å². The predicted molar refractivity (Wildman–Crippen MR) is 134 cm³/mol. The summed E-state index contributed by atoms with van der Waals surface area (Å²) >= 11 is 5.98. The summed E-state index contributed by atoms with van der Waals surface area (Å²) in [6.07, 6.45) is 0. The molecule has 0 atom stereocenters. The number of benzene rings is 2. The van der Waals surface area contributed by atoms with Crippen molar-refractivity contribution in [3.8, 4) is 11.6 Å². The molecule has 0 aliphatic carbocycles. The normalized spacial score (nSPS) is 10.9. The number of nitrogens with zero attached hydrogens (tertiary/aromatic N) is 5. The standard InChI is InChI=1S/C24H22ClN7O4/c1-14(2)32-23(34)28-22(31(24(32)35)13-15-3-5-16(25)6-4-15)27-17-7-9-18(10-8-17)36-20-12-11-19(21(26)33)29-30-20/h3-12,14H,13H2,1-2H3,(H2,26,33)(H,27,28,34). The summed E-state index contributed by atoms with van der Waals surface area (Å²) in [5.74, 6) is 0.0343. The van der Waals surface area contributed by atoms with Gasteiger partial charge in [0.1, 0.15) is 5.75 Å². The molecule has 0 radical (unpaired) electrons. The van der Waals surface area contributed by atoms with Crippen molar-refractivity contribution < 1.29 is 9.53 Å². The number of primary amides is 1. The van der Waals surface area contributed by atoms with Crippen molar-refractivity contribution in [2.75, 3.05) is 5.32 Å². The number of rotatable bonds is 8. The van der Waals surface area contributed by atoms with E-state index in [9.17, 15) is 14.4 Å². The fraction of sp³-hybridized carbons (Fsp3) is 0.167. The smallest absolute Gasteiger partial charge is 0.355 e. The number of anilines is 2. The Bertz CT molecular complexity index is 1500. The average molecular weight is 508 g/mol. The highest BCUT2D eigenvalue weighted by molar-refractivity contribution is 6.30. The molecular weight excluding hydrogens is 486 g/mol. The number of carbonyl (C=O) groups is 1. The third-order valence-corrected chi connectivity index (χ3v) is 5.35. The summed E-state index contributed by atoms with van der Waals surface area (Å²) in [4.78, 5) is 41.0. The number of hydrogen-bond acceptors (Lipinski definition) is 8. The Morgan fingerprint density at radius 1 is 1.03 bits per heavy atom. The Hall–Kier alpha value is -4.51. The third-order valence-electron chi connectivity index (χ3n) is 5.10. The zero-order valence-corrected chi connectivity index (χ0v) is 20.1. The van der Waals surface area contributed by atoms with Gasteiger partial charge in [0.2, 0.25) is 11.8 Å². The van der Waals surface area contributed by atoms with Crippen LogP contribution in [-0.4, -0.2) is 30.2 Å². The summed E-state index contributed by atoms with van der Waals surface area (Å²) < 4.78 is 8.12. The van der Waals surface area contributed by atoms with E-state index in [-0.39, 0.29) is 30.1 Å². The van der Waals surface area contributed by atoms with E-state index in [1.54, 1.807) is 62.4 Å². The Morgan fingerprint density at radius 3 is 2.31 bits per heavy atom. The van der Waals surface area contributed by atoms with Crippen molar-refractivity contribution in [2.24, 2.45) is 5.73 Å². The molecule has 2 heterocycles. The Kier molecular flexibility index (Phi) is 7.11. The van der Waals surface area contributed by atoms with Crippen molar-refractivity contribution in [1.82, 2.24) is 24.3 Å². The molecule has 0 aliphatic rings. The van der Waals surface area contributed by atoms with Crippen molar-refractivity contribution >= 4 is 29.1 Å². The predicted octanol–water partition coefficient (Wildman–Crippen LogP) is 3.11. The van der Waals surface area contributed by atoms with Crippen molar-refractivity contribution in [1.29, 1.82) is 0 Å². The Labute approximate surface area is 210 Å². The van der Waals surface area contributed by atoms with Gasteiger partial charge >= 0.3 is 11.4 Å². The summed E-state index contributed by atoms with van der Waals surface area (Å²) in [5.41, 5.74) is 5.42. The molecular formula is C24H22ClN7O4. The van der Waals surface area contributed by atoms with Crippen LogP contribution in [0.2, 0.25) is 5.02 Å². The highest BCUT2D eigenvalue weighted by atomic mass is 35.5. The van der Waals surface area contributed by atoms with Crippen LogP contribution in [0.1, 0.15) is 35.9 Å². The zero-order valence-electron chi connectivity index (χ0n) is 19.4. The maximum Gasteiger partial charge on any atom is 0.355 e. The number of aromatic nitrogens is 5. The molecule has 184 valence electrons. The fourth-order valence-electron chi connectivity index (χ4n) is 3.32. The molecule has 11 nitrogen and oxygen atoms in total. The van der Waals surface area contributed by atoms with Crippen LogP contribution < -0.4 is 27.2 Å². The lowest BCUT2D eigenvalue weighted by atomic mass is 10.2. The number of nitrogens with one attached hydrogen (secondary N) is 1. The van der Waals surface area contributed by atoms with Gasteiger partial charge in [0.15, 0.2) is 5.69 Å². The van der Waals surface area contributed by atoms with Crippen LogP contribution in [0.4, 0.5) is 11.6 Å². The van der Waals surface area contributed by atoms with E-state index in [1.807, 2.05) is 0 Å². The van der Waals surface area contributed by atoms with Gasteiger partial charge in [-0.3, -0.25) is 9.36 Å². The Balaban J connectivity index is 1.60. The highest BCUT2D eigenvalue weighted by Crippen LogP contribution is 2.23. The molecule has 0 bridgehead atoms. The zero-order chi connectivity index (χ0) is 25.8. The number of nitrogens with two attached hydrogens (primary N) is 1. The molecule has 0 fully saturated rings. The van der Waals surface area contributed by atoms with Crippen LogP contribution in [0.25, 0.3) is 0 Å². The summed E-state index contributed by atoms with van der Waals surface area (Å²) in [6, 6.07) is 16.3. The lowest BCUT2D eigenvalue weighted by molar-refractivity contribution is 0.0994. The van der Waals surface area contributed by atoms with Gasteiger partial charge in [-0.05, 0) is 61.9 Å². The minimum atomic E-state index is -0.686. The van der Waals surface area contributed by atoms with E-state index >= 15 is 0 Å². The first kappa shape index (κ1) is 24.6. The van der Waals surface area contributed by atoms with Gasteiger partial charge < -0.3 is 15.8 Å². The number of hydrogen-bond donors (Lipinski definition) is 2. The van der Waals surface area contributed by atoms with E-state index in [2.05, 4.69) is 20.5 Å². The maximum atomic E-state index is 13.2. The third kappa shape index (κ3) is 5.58. The number of halogens is 1. The molecule has 3 N–H and O–H groups in total. The van der Waals surface area contributed by atoms with Crippen LogP contribution in [0.15, 0.2) is 70.3 Å². The topological polar surface area (TPSA) is 147 Å². The van der Waals surface area contributed by atoms with Gasteiger partial charge in [-0.25, -0.2) is 14.2 Å². The highest BCUT2D eigenvalue weighted by Gasteiger charge is 2.16. The van der Waals surface area contributed by atoms with E-state index in [0.717, 1.165) is 10.1 Å². The lowest BCUT2D eigenvalue weighted by Crippen LogP contribution is -2.43. The van der Waals surface area contributed by atoms with Gasteiger partial charge in [-0.2, -0.15) is 4.98 Å². The summed E-state index contributed by atoms with van der Waals surface area (Å²) in [6.45, 7) is 3.67. The first-order valence-corrected chi connectivity index (χ1v) is 11.3. The van der Waals surface area contributed by atoms with E-state index in [1.165, 1.54) is 16.7 Å². The van der Waals surface area contributed by atoms with Crippen LogP contribution in [0.3, 0.4) is 0 Å². The van der Waals surface area contributed by atoms with Crippen molar-refractivity contribution in [3.05, 3.63) is 97.9 Å². The second-order valence-corrected chi connectivity index (χ2v) is 8.49. The minimum Gasteiger partial charge on any atom is -0.438 e. The van der Waals surface area contributed by atoms with Gasteiger partial charge in [0.05, 0.1) is 6.54 Å². The molecule has 0 spiro atoms. The maximum absolute atomic E-state index is 13.2. The van der Waals surface area contributed by atoms with Gasteiger partial charge in [0.25, 0.3) is 5.91 Å².